The number of rotatable bonds is 1. The van der Waals surface area contributed by atoms with Crippen LogP contribution in [0.3, 0.4) is 0 Å². The molecule has 0 fully saturated rings. The van der Waals surface area contributed by atoms with Crippen molar-refractivity contribution in [3.63, 3.8) is 0 Å². The average Bonchev–Trinajstić information content (AvgIpc) is 2.50. The maximum absolute atomic E-state index is 5.70. The van der Waals surface area contributed by atoms with E-state index in [0.29, 0.717) is 10.4 Å². The van der Waals surface area contributed by atoms with Gasteiger partial charge >= 0.3 is 0 Å². The highest BCUT2D eigenvalue weighted by Crippen LogP contribution is 2.10. The molecule has 0 atom stereocenters. The van der Waals surface area contributed by atoms with Gasteiger partial charge in [0.1, 0.15) is 4.60 Å². The van der Waals surface area contributed by atoms with Gasteiger partial charge in [0.05, 0.1) is 6.20 Å². The van der Waals surface area contributed by atoms with Gasteiger partial charge in [-0.15, -0.1) is 9.90 Å². The Kier molecular flexibility index (Phi) is 2.47. The lowest BCUT2D eigenvalue weighted by molar-refractivity contribution is 0.720. The Labute approximate surface area is 93.3 Å². The SMILES string of the molecule is Cc1cc(-n2ncc(Br)n2)nc(Cl)n1. The standard InChI is InChI=1S/C7H5BrClN5/c1-4-2-6(12-7(9)11-4)14-10-3-5(8)13-14/h2-3H,1H3. The molecular formula is C7H5BrClN5. The molecule has 0 N–H and O–H groups in total. The fourth-order valence-corrected chi connectivity index (χ4v) is 1.44. The van der Waals surface area contributed by atoms with Gasteiger partial charge in [0.15, 0.2) is 5.82 Å². The van der Waals surface area contributed by atoms with E-state index in [2.05, 4.69) is 36.1 Å². The highest BCUT2D eigenvalue weighted by molar-refractivity contribution is 9.10. The number of hydrogen-bond donors (Lipinski definition) is 0. The van der Waals surface area contributed by atoms with Crippen LogP contribution in [0.2, 0.25) is 5.28 Å². The molecular weight excluding hydrogens is 269 g/mol. The smallest absolute Gasteiger partial charge is 0.223 e. The molecule has 0 radical (unpaired) electrons. The number of halogens is 2. The summed E-state index contributed by atoms with van der Waals surface area (Å²) in [6, 6.07) is 1.75. The summed E-state index contributed by atoms with van der Waals surface area (Å²) in [5, 5.41) is 8.20. The predicted octanol–water partition coefficient (Wildman–Crippen LogP) is 1.78. The predicted molar refractivity (Wildman–Crippen MR) is 54.4 cm³/mol. The van der Waals surface area contributed by atoms with Crippen LogP contribution < -0.4 is 0 Å². The van der Waals surface area contributed by atoms with Crippen LogP contribution in [0.25, 0.3) is 5.82 Å². The molecule has 0 aromatic carbocycles. The zero-order valence-electron chi connectivity index (χ0n) is 7.15. The Morgan fingerprint density at radius 2 is 2.21 bits per heavy atom. The Bertz CT molecular complexity index is 449. The van der Waals surface area contributed by atoms with E-state index in [1.165, 1.54) is 4.80 Å². The first-order chi connectivity index (χ1) is 6.65. The van der Waals surface area contributed by atoms with Crippen LogP contribution in [0.4, 0.5) is 0 Å². The molecule has 0 spiro atoms. The van der Waals surface area contributed by atoms with Crippen LogP contribution in [-0.4, -0.2) is 25.0 Å². The molecule has 2 heterocycles. The molecule has 0 amide bonds. The third-order valence-corrected chi connectivity index (χ3v) is 2.01. The molecule has 0 aliphatic rings. The summed E-state index contributed by atoms with van der Waals surface area (Å²) < 4.78 is 0.643. The van der Waals surface area contributed by atoms with Gasteiger partial charge in [-0.25, -0.2) is 4.98 Å². The molecule has 0 aliphatic heterocycles. The van der Waals surface area contributed by atoms with Gasteiger partial charge in [-0.2, -0.15) is 10.1 Å². The lowest BCUT2D eigenvalue weighted by atomic mass is 10.4. The second-order valence-electron chi connectivity index (χ2n) is 2.59. The second-order valence-corrected chi connectivity index (χ2v) is 3.74. The van der Waals surface area contributed by atoms with E-state index < -0.39 is 0 Å². The maximum atomic E-state index is 5.70. The average molecular weight is 275 g/mol. The van der Waals surface area contributed by atoms with Gasteiger partial charge < -0.3 is 0 Å². The molecule has 0 saturated heterocycles. The van der Waals surface area contributed by atoms with E-state index in [-0.39, 0.29) is 5.28 Å². The molecule has 0 bridgehead atoms. The fraction of sp³-hybridized carbons (Fsp3) is 0.143. The van der Waals surface area contributed by atoms with Crippen LogP contribution in [0.5, 0.6) is 0 Å². The molecule has 72 valence electrons. The summed E-state index contributed by atoms with van der Waals surface area (Å²) in [7, 11) is 0. The van der Waals surface area contributed by atoms with Gasteiger partial charge in [-0.3, -0.25) is 0 Å². The van der Waals surface area contributed by atoms with E-state index >= 15 is 0 Å². The van der Waals surface area contributed by atoms with Gasteiger partial charge in [0.25, 0.3) is 0 Å². The largest absolute Gasteiger partial charge is 0.224 e. The Morgan fingerprint density at radius 1 is 1.43 bits per heavy atom. The molecule has 5 nitrogen and oxygen atoms in total. The number of nitrogens with zero attached hydrogens (tertiary/aromatic N) is 5. The minimum atomic E-state index is 0.188. The molecule has 14 heavy (non-hydrogen) atoms. The monoisotopic (exact) mass is 273 g/mol. The van der Waals surface area contributed by atoms with Crippen molar-refractivity contribution >= 4 is 27.5 Å². The van der Waals surface area contributed by atoms with Crippen molar-refractivity contribution in [2.24, 2.45) is 0 Å². The van der Waals surface area contributed by atoms with Crippen LogP contribution in [0.1, 0.15) is 5.69 Å². The third kappa shape index (κ3) is 1.91. The highest BCUT2D eigenvalue weighted by Gasteiger charge is 2.04. The molecule has 0 aliphatic carbocycles. The van der Waals surface area contributed by atoms with Crippen molar-refractivity contribution in [3.8, 4) is 5.82 Å². The second kappa shape index (κ2) is 3.62. The van der Waals surface area contributed by atoms with Gasteiger partial charge in [0, 0.05) is 11.8 Å². The highest BCUT2D eigenvalue weighted by atomic mass is 79.9. The first-order valence-corrected chi connectivity index (χ1v) is 4.91. The normalized spacial score (nSPS) is 10.5. The van der Waals surface area contributed by atoms with E-state index in [1.807, 2.05) is 6.92 Å². The van der Waals surface area contributed by atoms with Crippen LogP contribution in [0.15, 0.2) is 16.9 Å². The first-order valence-electron chi connectivity index (χ1n) is 3.74. The summed E-state index contributed by atoms with van der Waals surface area (Å²) in [5.41, 5.74) is 0.772. The van der Waals surface area contributed by atoms with Crippen molar-refractivity contribution in [2.45, 2.75) is 6.92 Å². The van der Waals surface area contributed by atoms with Crippen LogP contribution >= 0.6 is 27.5 Å². The van der Waals surface area contributed by atoms with E-state index in [0.717, 1.165) is 5.69 Å². The van der Waals surface area contributed by atoms with E-state index in [4.69, 9.17) is 11.6 Å². The van der Waals surface area contributed by atoms with Gasteiger partial charge in [-0.1, -0.05) is 0 Å². The number of hydrogen-bond acceptors (Lipinski definition) is 4. The van der Waals surface area contributed by atoms with Crippen molar-refractivity contribution in [3.05, 3.63) is 27.8 Å². The van der Waals surface area contributed by atoms with E-state index in [1.54, 1.807) is 12.3 Å². The Balaban J connectivity index is 2.51. The lowest BCUT2D eigenvalue weighted by Gasteiger charge is -1.99. The molecule has 2 aromatic rings. The lowest BCUT2D eigenvalue weighted by Crippen LogP contribution is -2.03. The first kappa shape index (κ1) is 9.54. The minimum Gasteiger partial charge on any atom is -0.223 e. The topological polar surface area (TPSA) is 56.5 Å². The van der Waals surface area contributed by atoms with Crippen molar-refractivity contribution < 1.29 is 0 Å². The quantitative estimate of drug-likeness (QED) is 0.744. The van der Waals surface area contributed by atoms with Crippen LogP contribution in [-0.2, 0) is 0 Å². The van der Waals surface area contributed by atoms with Crippen LogP contribution in [0, 0.1) is 6.92 Å². The molecule has 0 unspecified atom stereocenters. The summed E-state index contributed by atoms with van der Waals surface area (Å²) in [5.74, 6) is 0.549. The summed E-state index contributed by atoms with van der Waals surface area (Å²) in [6.07, 6.45) is 1.57. The minimum absolute atomic E-state index is 0.188. The van der Waals surface area contributed by atoms with E-state index in [9.17, 15) is 0 Å². The Morgan fingerprint density at radius 3 is 2.79 bits per heavy atom. The van der Waals surface area contributed by atoms with Gasteiger partial charge in [0.2, 0.25) is 5.28 Å². The number of aryl methyl sites for hydroxylation is 1. The maximum Gasteiger partial charge on any atom is 0.224 e. The summed E-state index contributed by atoms with van der Waals surface area (Å²) in [4.78, 5) is 9.31. The zero-order chi connectivity index (χ0) is 10.1. The third-order valence-electron chi connectivity index (χ3n) is 1.48. The molecule has 2 rings (SSSR count). The summed E-state index contributed by atoms with van der Waals surface area (Å²) in [6.45, 7) is 1.83. The zero-order valence-corrected chi connectivity index (χ0v) is 9.49. The Hall–Kier alpha value is -1.01. The number of aromatic nitrogens is 5. The van der Waals surface area contributed by atoms with Crippen molar-refractivity contribution in [1.29, 1.82) is 0 Å². The molecule has 2 aromatic heterocycles. The molecule has 7 heteroatoms. The van der Waals surface area contributed by atoms with Crippen molar-refractivity contribution in [1.82, 2.24) is 25.0 Å². The van der Waals surface area contributed by atoms with Gasteiger partial charge in [-0.05, 0) is 34.5 Å². The molecule has 0 saturated carbocycles. The fourth-order valence-electron chi connectivity index (χ4n) is 0.974. The van der Waals surface area contributed by atoms with Crippen molar-refractivity contribution in [2.75, 3.05) is 0 Å². The summed E-state index contributed by atoms with van der Waals surface area (Å²) >= 11 is 8.90.